The van der Waals surface area contributed by atoms with Crippen LogP contribution in [0.5, 0.6) is 0 Å². The van der Waals surface area contributed by atoms with Crippen molar-refractivity contribution in [2.24, 2.45) is 0 Å². The van der Waals surface area contributed by atoms with E-state index in [4.69, 9.17) is 4.98 Å². The maximum atomic E-state index is 13.1. The summed E-state index contributed by atoms with van der Waals surface area (Å²) in [5, 5.41) is 6.28. The van der Waals surface area contributed by atoms with E-state index in [1.165, 1.54) is 0 Å². The van der Waals surface area contributed by atoms with Crippen LogP contribution in [0, 0.1) is 0 Å². The van der Waals surface area contributed by atoms with Crippen molar-refractivity contribution in [3.63, 3.8) is 0 Å². The molecule has 31 heavy (non-hydrogen) atoms. The van der Waals surface area contributed by atoms with E-state index in [0.29, 0.717) is 23.0 Å². The SMILES string of the molecule is C=C(NCCC(C)(F)F)c1ccc2c(n1)N(C(=C)Nc1ccccn1)C1(C)CCN2C1. The fourth-order valence-corrected chi connectivity index (χ4v) is 4.23. The Hall–Kier alpha value is -3.16. The van der Waals surface area contributed by atoms with Crippen LogP contribution in [0.25, 0.3) is 5.70 Å². The maximum absolute atomic E-state index is 13.1. The molecule has 0 radical (unpaired) electrons. The number of nitrogens with one attached hydrogen (secondary N) is 2. The Balaban J connectivity index is 1.61. The van der Waals surface area contributed by atoms with Crippen molar-refractivity contribution in [3.8, 4) is 0 Å². The van der Waals surface area contributed by atoms with E-state index in [0.717, 1.165) is 37.9 Å². The summed E-state index contributed by atoms with van der Waals surface area (Å²) in [5.74, 6) is -0.539. The van der Waals surface area contributed by atoms with Gasteiger partial charge >= 0.3 is 0 Å². The average molecular weight is 427 g/mol. The molecule has 1 fully saturated rings. The normalized spacial score (nSPS) is 19.7. The molecule has 0 spiro atoms. The van der Waals surface area contributed by atoms with Crippen molar-refractivity contribution in [1.29, 1.82) is 0 Å². The lowest BCUT2D eigenvalue weighted by Gasteiger charge is -2.45. The summed E-state index contributed by atoms with van der Waals surface area (Å²) >= 11 is 0. The fourth-order valence-electron chi connectivity index (χ4n) is 4.23. The van der Waals surface area contributed by atoms with Crippen molar-refractivity contribution in [2.75, 3.05) is 34.8 Å². The second kappa shape index (κ2) is 7.83. The largest absolute Gasteiger partial charge is 0.384 e. The maximum Gasteiger partial charge on any atom is 0.247 e. The molecule has 1 saturated heterocycles. The smallest absolute Gasteiger partial charge is 0.247 e. The third-order valence-corrected chi connectivity index (χ3v) is 5.82. The van der Waals surface area contributed by atoms with E-state index in [2.05, 4.69) is 45.5 Å². The molecule has 2 bridgehead atoms. The number of halogens is 2. The quantitative estimate of drug-likeness (QED) is 0.650. The van der Waals surface area contributed by atoms with E-state index in [9.17, 15) is 8.78 Å². The molecule has 2 aromatic heterocycles. The number of alkyl halides is 2. The average Bonchev–Trinajstić information content (AvgIpc) is 3.05. The minimum absolute atomic E-state index is 0.128. The van der Waals surface area contributed by atoms with Gasteiger partial charge in [0.15, 0.2) is 5.82 Å². The van der Waals surface area contributed by atoms with Gasteiger partial charge in [-0.2, -0.15) is 0 Å². The summed E-state index contributed by atoms with van der Waals surface area (Å²) in [5.41, 5.74) is 2.00. The van der Waals surface area contributed by atoms with Crippen LogP contribution in [0.2, 0.25) is 0 Å². The van der Waals surface area contributed by atoms with Crippen molar-refractivity contribution < 1.29 is 8.78 Å². The third kappa shape index (κ3) is 4.33. The number of pyridine rings is 2. The van der Waals surface area contributed by atoms with Crippen LogP contribution in [-0.2, 0) is 0 Å². The van der Waals surface area contributed by atoms with Crippen LogP contribution in [0.1, 0.15) is 32.4 Å². The molecule has 0 aromatic carbocycles. The summed E-state index contributed by atoms with van der Waals surface area (Å²) in [6.07, 6.45) is 2.43. The van der Waals surface area contributed by atoms with Crippen LogP contribution in [-0.4, -0.2) is 41.1 Å². The number of aromatic nitrogens is 2. The second-order valence-electron chi connectivity index (χ2n) is 8.56. The van der Waals surface area contributed by atoms with Gasteiger partial charge in [0.1, 0.15) is 11.6 Å². The Kier molecular flexibility index (Phi) is 5.33. The summed E-state index contributed by atoms with van der Waals surface area (Å²) in [4.78, 5) is 13.7. The summed E-state index contributed by atoms with van der Waals surface area (Å²) in [6.45, 7) is 13.3. The Morgan fingerprint density at radius 1 is 1.26 bits per heavy atom. The summed E-state index contributed by atoms with van der Waals surface area (Å²) < 4.78 is 26.3. The highest BCUT2D eigenvalue weighted by Gasteiger charge is 2.47. The highest BCUT2D eigenvalue weighted by atomic mass is 19.3. The Bertz CT molecular complexity index is 987. The van der Waals surface area contributed by atoms with E-state index in [1.807, 2.05) is 30.3 Å². The molecule has 2 aliphatic rings. The van der Waals surface area contributed by atoms with Gasteiger partial charge in [-0.25, -0.2) is 18.7 Å². The molecular formula is C23H28F2N6. The van der Waals surface area contributed by atoms with E-state index < -0.39 is 5.92 Å². The molecule has 1 atom stereocenters. The van der Waals surface area contributed by atoms with Crippen molar-refractivity contribution in [1.82, 2.24) is 15.3 Å². The first kappa shape index (κ1) is 21.1. The molecule has 164 valence electrons. The zero-order chi connectivity index (χ0) is 22.2. The first-order valence-electron chi connectivity index (χ1n) is 10.4. The van der Waals surface area contributed by atoms with Crippen LogP contribution >= 0.6 is 0 Å². The van der Waals surface area contributed by atoms with Gasteiger partial charge in [0.05, 0.1) is 22.6 Å². The van der Waals surface area contributed by atoms with Gasteiger partial charge in [-0.05, 0) is 44.5 Å². The number of hydrogen-bond acceptors (Lipinski definition) is 6. The minimum Gasteiger partial charge on any atom is -0.384 e. The van der Waals surface area contributed by atoms with Crippen molar-refractivity contribution >= 4 is 23.0 Å². The number of anilines is 3. The highest BCUT2D eigenvalue weighted by Crippen LogP contribution is 2.46. The standard InChI is InChI=1S/C23H28F2N6/c1-16(26-13-10-23(4,24)25)18-8-9-19-21(29-18)31(22(3)11-14-30(19)15-22)17(2)28-20-7-5-6-12-27-20/h5-9,12,26H,1-2,10-11,13-15H2,3-4H3,(H,27,28). The van der Waals surface area contributed by atoms with Gasteiger partial charge in [-0.1, -0.05) is 19.2 Å². The molecule has 4 rings (SSSR count). The molecule has 6 nitrogen and oxygen atoms in total. The molecule has 0 amide bonds. The summed E-state index contributed by atoms with van der Waals surface area (Å²) in [7, 11) is 0. The Labute approximate surface area is 181 Å². The second-order valence-corrected chi connectivity index (χ2v) is 8.56. The Morgan fingerprint density at radius 2 is 2.06 bits per heavy atom. The Morgan fingerprint density at radius 3 is 2.77 bits per heavy atom. The molecular weight excluding hydrogens is 398 g/mol. The van der Waals surface area contributed by atoms with Gasteiger partial charge < -0.3 is 20.4 Å². The zero-order valence-corrected chi connectivity index (χ0v) is 18.0. The van der Waals surface area contributed by atoms with E-state index >= 15 is 0 Å². The van der Waals surface area contributed by atoms with Gasteiger partial charge in [0.25, 0.3) is 0 Å². The molecule has 2 aliphatic heterocycles. The van der Waals surface area contributed by atoms with Crippen molar-refractivity contribution in [3.05, 3.63) is 61.2 Å². The highest BCUT2D eigenvalue weighted by molar-refractivity contribution is 5.78. The first-order valence-corrected chi connectivity index (χ1v) is 10.4. The lowest BCUT2D eigenvalue weighted by atomic mass is 9.97. The zero-order valence-electron chi connectivity index (χ0n) is 18.0. The molecule has 0 saturated carbocycles. The lowest BCUT2D eigenvalue weighted by molar-refractivity contribution is 0.0144. The molecule has 2 N–H and O–H groups in total. The molecule has 4 heterocycles. The number of hydrogen-bond donors (Lipinski definition) is 2. The number of rotatable bonds is 8. The van der Waals surface area contributed by atoms with E-state index in [1.54, 1.807) is 6.20 Å². The first-order chi connectivity index (χ1) is 14.7. The van der Waals surface area contributed by atoms with Crippen LogP contribution < -0.4 is 20.4 Å². The van der Waals surface area contributed by atoms with Gasteiger partial charge in [0.2, 0.25) is 5.92 Å². The third-order valence-electron chi connectivity index (χ3n) is 5.82. The van der Waals surface area contributed by atoms with E-state index in [-0.39, 0.29) is 18.5 Å². The van der Waals surface area contributed by atoms with Gasteiger partial charge in [-0.3, -0.25) is 0 Å². The molecule has 8 heteroatoms. The van der Waals surface area contributed by atoms with Crippen LogP contribution in [0.4, 0.5) is 26.1 Å². The molecule has 2 aromatic rings. The minimum atomic E-state index is -2.72. The van der Waals surface area contributed by atoms with Crippen LogP contribution in [0.15, 0.2) is 55.5 Å². The predicted octanol–water partition coefficient (Wildman–Crippen LogP) is 4.45. The molecule has 1 unspecified atom stereocenters. The van der Waals surface area contributed by atoms with Crippen LogP contribution in [0.3, 0.4) is 0 Å². The van der Waals surface area contributed by atoms with Gasteiger partial charge in [-0.15, -0.1) is 0 Å². The monoisotopic (exact) mass is 426 g/mol. The fraction of sp³-hybridized carbons (Fsp3) is 0.391. The van der Waals surface area contributed by atoms with Crippen molar-refractivity contribution in [2.45, 2.75) is 38.2 Å². The molecule has 0 aliphatic carbocycles. The predicted molar refractivity (Wildman–Crippen MR) is 121 cm³/mol. The summed E-state index contributed by atoms with van der Waals surface area (Å²) in [6, 6.07) is 9.56. The topological polar surface area (TPSA) is 56.3 Å². The lowest BCUT2D eigenvalue weighted by Crippen LogP contribution is -2.52. The number of nitrogens with zero attached hydrogens (tertiary/aromatic N) is 4. The van der Waals surface area contributed by atoms with Gasteiger partial charge in [0, 0.05) is 32.3 Å². The number of fused-ring (bicyclic) bond motifs is 4.